The molecule has 150 valence electrons. The minimum absolute atomic E-state index is 0.445. The summed E-state index contributed by atoms with van der Waals surface area (Å²) in [5.41, 5.74) is 7.99. The van der Waals surface area contributed by atoms with Crippen molar-refractivity contribution in [3.05, 3.63) is 47.8 Å². The van der Waals surface area contributed by atoms with Crippen LogP contribution in [0.4, 0.5) is 11.6 Å². The fourth-order valence-corrected chi connectivity index (χ4v) is 3.74. The van der Waals surface area contributed by atoms with Gasteiger partial charge in [0.05, 0.1) is 11.3 Å². The number of thiol groups is 1. The molecule has 3 rings (SSSR count). The standard InChI is InChI=1S/C21H29N5OS/c22-20(27)18-16-23-21(24-19(18)10-6-1-2-7-15-28)26-13-11-25(12-14-26)17-8-4-3-5-9-17/h3-5,8-9,16,28H,1-2,6-7,10-15H2,(H2,22,27). The highest BCUT2D eigenvalue weighted by atomic mass is 32.1. The minimum Gasteiger partial charge on any atom is -0.368 e. The van der Waals surface area contributed by atoms with Gasteiger partial charge in [-0.3, -0.25) is 4.79 Å². The Bertz CT molecular complexity index is 763. The largest absolute Gasteiger partial charge is 0.368 e. The van der Waals surface area contributed by atoms with Gasteiger partial charge in [-0.05, 0) is 37.1 Å². The van der Waals surface area contributed by atoms with E-state index in [4.69, 9.17) is 10.7 Å². The number of piperazine rings is 1. The van der Waals surface area contributed by atoms with Crippen molar-refractivity contribution in [1.82, 2.24) is 9.97 Å². The molecule has 1 saturated heterocycles. The van der Waals surface area contributed by atoms with Crippen LogP contribution in [0.2, 0.25) is 0 Å². The van der Waals surface area contributed by atoms with Crippen molar-refractivity contribution in [3.63, 3.8) is 0 Å². The van der Waals surface area contributed by atoms with E-state index in [9.17, 15) is 4.79 Å². The van der Waals surface area contributed by atoms with E-state index in [-0.39, 0.29) is 0 Å². The number of para-hydroxylation sites is 1. The number of amides is 1. The Morgan fingerprint density at radius 1 is 1.00 bits per heavy atom. The van der Waals surface area contributed by atoms with E-state index in [1.54, 1.807) is 6.20 Å². The highest BCUT2D eigenvalue weighted by Gasteiger charge is 2.21. The van der Waals surface area contributed by atoms with Crippen LogP contribution in [0.25, 0.3) is 0 Å². The molecule has 1 amide bonds. The average molecular weight is 400 g/mol. The van der Waals surface area contributed by atoms with Gasteiger partial charge in [-0.2, -0.15) is 12.6 Å². The SMILES string of the molecule is NC(=O)c1cnc(N2CCN(c3ccccc3)CC2)nc1CCCCCCS. The maximum atomic E-state index is 11.8. The third kappa shape index (κ3) is 5.38. The zero-order chi connectivity index (χ0) is 19.8. The Morgan fingerprint density at radius 2 is 1.68 bits per heavy atom. The summed E-state index contributed by atoms with van der Waals surface area (Å²) in [6, 6.07) is 10.4. The lowest BCUT2D eigenvalue weighted by molar-refractivity contribution is 0.0998. The average Bonchev–Trinajstić information content (AvgIpc) is 2.74. The van der Waals surface area contributed by atoms with Gasteiger partial charge < -0.3 is 15.5 Å². The summed E-state index contributed by atoms with van der Waals surface area (Å²) in [6.07, 6.45) is 6.71. The fourth-order valence-electron chi connectivity index (χ4n) is 3.52. The second-order valence-corrected chi connectivity index (χ2v) is 7.54. The van der Waals surface area contributed by atoms with Crippen LogP contribution in [0.1, 0.15) is 41.7 Å². The molecule has 0 saturated carbocycles. The van der Waals surface area contributed by atoms with Crippen LogP contribution in [0.3, 0.4) is 0 Å². The second-order valence-electron chi connectivity index (χ2n) is 7.09. The second kappa shape index (κ2) is 10.3. The van der Waals surface area contributed by atoms with Crippen LogP contribution in [-0.2, 0) is 6.42 Å². The van der Waals surface area contributed by atoms with Crippen molar-refractivity contribution in [3.8, 4) is 0 Å². The van der Waals surface area contributed by atoms with Gasteiger partial charge in [-0.1, -0.05) is 31.0 Å². The number of hydrogen-bond acceptors (Lipinski definition) is 6. The topological polar surface area (TPSA) is 75.4 Å². The first-order chi connectivity index (χ1) is 13.7. The Balaban J connectivity index is 1.63. The van der Waals surface area contributed by atoms with E-state index < -0.39 is 5.91 Å². The lowest BCUT2D eigenvalue weighted by atomic mass is 10.1. The maximum absolute atomic E-state index is 11.8. The number of carbonyl (C=O) groups is 1. The number of aromatic nitrogens is 2. The third-order valence-corrected chi connectivity index (χ3v) is 5.44. The predicted molar refractivity (Wildman–Crippen MR) is 117 cm³/mol. The summed E-state index contributed by atoms with van der Waals surface area (Å²) in [5.74, 6) is 1.16. The smallest absolute Gasteiger partial charge is 0.252 e. The van der Waals surface area contributed by atoms with Crippen molar-refractivity contribution in [2.45, 2.75) is 32.1 Å². The van der Waals surface area contributed by atoms with Crippen LogP contribution in [0.15, 0.2) is 36.5 Å². The molecule has 0 radical (unpaired) electrons. The molecule has 1 fully saturated rings. The van der Waals surface area contributed by atoms with Gasteiger partial charge in [0.2, 0.25) is 5.95 Å². The molecule has 2 aromatic rings. The molecule has 1 aromatic heterocycles. The first-order valence-electron chi connectivity index (χ1n) is 10.0. The summed E-state index contributed by atoms with van der Waals surface area (Å²) in [6.45, 7) is 3.55. The van der Waals surface area contributed by atoms with Gasteiger partial charge in [-0.25, -0.2) is 9.97 Å². The van der Waals surface area contributed by atoms with E-state index in [1.807, 2.05) is 6.07 Å². The molecule has 1 aromatic carbocycles. The van der Waals surface area contributed by atoms with Crippen LogP contribution in [0, 0.1) is 0 Å². The Hall–Kier alpha value is -2.28. The van der Waals surface area contributed by atoms with Gasteiger partial charge in [0.1, 0.15) is 0 Å². The molecule has 0 aliphatic carbocycles. The first kappa shape index (κ1) is 20.5. The van der Waals surface area contributed by atoms with E-state index >= 15 is 0 Å². The lowest BCUT2D eigenvalue weighted by Crippen LogP contribution is -2.47. The van der Waals surface area contributed by atoms with Crippen molar-refractivity contribution in [2.75, 3.05) is 41.7 Å². The number of benzene rings is 1. The molecule has 0 bridgehead atoms. The van der Waals surface area contributed by atoms with E-state index in [0.717, 1.165) is 69.7 Å². The maximum Gasteiger partial charge on any atom is 0.252 e. The van der Waals surface area contributed by atoms with Crippen LogP contribution < -0.4 is 15.5 Å². The minimum atomic E-state index is -0.453. The molecule has 1 aliphatic rings. The number of aryl methyl sites for hydroxylation is 1. The molecule has 0 spiro atoms. The van der Waals surface area contributed by atoms with Gasteiger partial charge >= 0.3 is 0 Å². The summed E-state index contributed by atoms with van der Waals surface area (Å²) in [5, 5.41) is 0. The van der Waals surface area contributed by atoms with Crippen molar-refractivity contribution in [2.24, 2.45) is 5.73 Å². The molecule has 1 aliphatic heterocycles. The molecule has 7 heteroatoms. The van der Waals surface area contributed by atoms with E-state index in [2.05, 4.69) is 51.7 Å². The number of nitrogens with zero attached hydrogens (tertiary/aromatic N) is 4. The number of hydrogen-bond donors (Lipinski definition) is 2. The predicted octanol–water partition coefficient (Wildman–Crippen LogP) is 2.93. The molecular formula is C21H29N5OS. The Kier molecular flexibility index (Phi) is 7.54. The number of nitrogens with two attached hydrogens (primary N) is 1. The highest BCUT2D eigenvalue weighted by Crippen LogP contribution is 2.19. The van der Waals surface area contributed by atoms with Gasteiger partial charge in [0, 0.05) is 38.1 Å². The number of anilines is 2. The normalized spacial score (nSPS) is 14.3. The number of unbranched alkanes of at least 4 members (excludes halogenated alkanes) is 3. The molecule has 28 heavy (non-hydrogen) atoms. The quantitative estimate of drug-likeness (QED) is 0.501. The Morgan fingerprint density at radius 3 is 2.36 bits per heavy atom. The molecule has 2 heterocycles. The summed E-state index contributed by atoms with van der Waals surface area (Å²) >= 11 is 4.25. The highest BCUT2D eigenvalue weighted by molar-refractivity contribution is 7.80. The van der Waals surface area contributed by atoms with Crippen LogP contribution >= 0.6 is 12.6 Å². The lowest BCUT2D eigenvalue weighted by Gasteiger charge is -2.36. The number of primary amides is 1. The molecule has 6 nitrogen and oxygen atoms in total. The molecule has 0 atom stereocenters. The van der Waals surface area contributed by atoms with E-state index in [0.29, 0.717) is 11.5 Å². The third-order valence-electron chi connectivity index (χ3n) is 5.13. The van der Waals surface area contributed by atoms with E-state index in [1.165, 1.54) is 5.69 Å². The summed E-state index contributed by atoms with van der Waals surface area (Å²) in [7, 11) is 0. The van der Waals surface area contributed by atoms with Gasteiger partial charge in [-0.15, -0.1) is 0 Å². The van der Waals surface area contributed by atoms with Crippen LogP contribution in [0.5, 0.6) is 0 Å². The molecule has 2 N–H and O–H groups in total. The molecular weight excluding hydrogens is 370 g/mol. The van der Waals surface area contributed by atoms with Gasteiger partial charge in [0.25, 0.3) is 5.91 Å². The summed E-state index contributed by atoms with van der Waals surface area (Å²) < 4.78 is 0. The number of rotatable bonds is 9. The van der Waals surface area contributed by atoms with Gasteiger partial charge in [0.15, 0.2) is 0 Å². The fraction of sp³-hybridized carbons (Fsp3) is 0.476. The Labute approximate surface area is 172 Å². The molecule has 0 unspecified atom stereocenters. The zero-order valence-electron chi connectivity index (χ0n) is 16.3. The monoisotopic (exact) mass is 399 g/mol. The first-order valence-corrected chi connectivity index (χ1v) is 10.6. The van der Waals surface area contributed by atoms with Crippen LogP contribution in [-0.4, -0.2) is 47.8 Å². The zero-order valence-corrected chi connectivity index (χ0v) is 17.2. The van der Waals surface area contributed by atoms with Crippen molar-refractivity contribution in [1.29, 1.82) is 0 Å². The summed E-state index contributed by atoms with van der Waals surface area (Å²) in [4.78, 5) is 25.5. The number of carbonyl (C=O) groups excluding carboxylic acids is 1. The van der Waals surface area contributed by atoms with Crippen molar-refractivity contribution < 1.29 is 4.79 Å². The van der Waals surface area contributed by atoms with Crippen molar-refractivity contribution >= 4 is 30.2 Å².